The third kappa shape index (κ3) is 3.92. The molecule has 0 bridgehead atoms. The lowest BCUT2D eigenvalue weighted by Gasteiger charge is -2.13. The van der Waals surface area contributed by atoms with Crippen molar-refractivity contribution in [1.29, 1.82) is 0 Å². The van der Waals surface area contributed by atoms with Crippen molar-refractivity contribution in [3.05, 3.63) is 29.8 Å². The second-order valence-corrected chi connectivity index (χ2v) is 6.39. The van der Waals surface area contributed by atoms with E-state index in [0.29, 0.717) is 6.04 Å². The fourth-order valence-corrected chi connectivity index (χ4v) is 3.66. The Labute approximate surface area is 114 Å². The molecule has 3 heteroatoms. The number of benzene rings is 1. The van der Waals surface area contributed by atoms with Crippen molar-refractivity contribution in [1.82, 2.24) is 5.32 Å². The molecule has 0 spiro atoms. The third-order valence-electron chi connectivity index (χ3n) is 3.54. The lowest BCUT2D eigenvalue weighted by molar-refractivity contribution is 0.414. The number of methoxy groups -OCH3 is 1. The number of ether oxygens (including phenoxy) is 1. The van der Waals surface area contributed by atoms with E-state index in [4.69, 9.17) is 4.74 Å². The minimum atomic E-state index is 0.705. The van der Waals surface area contributed by atoms with Gasteiger partial charge in [-0.25, -0.2) is 0 Å². The van der Waals surface area contributed by atoms with Gasteiger partial charge in [0.15, 0.2) is 0 Å². The molecule has 0 aliphatic heterocycles. The molecule has 1 aromatic rings. The normalized spacial score (nSPS) is 23.2. The minimum Gasteiger partial charge on any atom is -0.497 e. The molecule has 1 saturated carbocycles. The Morgan fingerprint density at radius 3 is 2.72 bits per heavy atom. The van der Waals surface area contributed by atoms with E-state index in [-0.39, 0.29) is 0 Å². The number of hydrogen-bond acceptors (Lipinski definition) is 3. The van der Waals surface area contributed by atoms with Gasteiger partial charge in [0.25, 0.3) is 0 Å². The van der Waals surface area contributed by atoms with Gasteiger partial charge >= 0.3 is 0 Å². The van der Waals surface area contributed by atoms with Crippen molar-refractivity contribution >= 4 is 11.8 Å². The Morgan fingerprint density at radius 1 is 1.28 bits per heavy atom. The average Bonchev–Trinajstić information content (AvgIpc) is 2.85. The van der Waals surface area contributed by atoms with Crippen LogP contribution in [0.4, 0.5) is 0 Å². The van der Waals surface area contributed by atoms with Gasteiger partial charge in [0.1, 0.15) is 5.75 Å². The van der Waals surface area contributed by atoms with Crippen molar-refractivity contribution in [3.8, 4) is 5.75 Å². The van der Waals surface area contributed by atoms with Crippen molar-refractivity contribution in [2.24, 2.45) is 0 Å². The van der Waals surface area contributed by atoms with E-state index >= 15 is 0 Å². The largest absolute Gasteiger partial charge is 0.497 e. The Morgan fingerprint density at radius 2 is 2.06 bits per heavy atom. The maximum atomic E-state index is 5.16. The monoisotopic (exact) mass is 265 g/mol. The Balaban J connectivity index is 1.74. The summed E-state index contributed by atoms with van der Waals surface area (Å²) in [6, 6.07) is 9.04. The standard InChI is InChI=1S/C15H23NOS/c1-3-18-15-9-6-13(10-15)16-11-12-4-7-14(17-2)8-5-12/h4-5,7-8,13,15-16H,3,6,9-11H2,1-2H3. The minimum absolute atomic E-state index is 0.705. The van der Waals surface area contributed by atoms with E-state index in [2.05, 4.69) is 36.1 Å². The molecular formula is C15H23NOS. The zero-order valence-electron chi connectivity index (χ0n) is 11.3. The third-order valence-corrected chi connectivity index (χ3v) is 4.77. The highest BCUT2D eigenvalue weighted by atomic mass is 32.2. The van der Waals surface area contributed by atoms with Crippen LogP contribution in [0.1, 0.15) is 31.7 Å². The maximum absolute atomic E-state index is 5.16. The van der Waals surface area contributed by atoms with Crippen LogP contribution in [0, 0.1) is 0 Å². The molecule has 1 fully saturated rings. The summed E-state index contributed by atoms with van der Waals surface area (Å²) in [5, 5.41) is 4.55. The van der Waals surface area contributed by atoms with Crippen LogP contribution in [-0.2, 0) is 6.54 Å². The molecule has 0 radical (unpaired) electrons. The van der Waals surface area contributed by atoms with Crippen LogP contribution < -0.4 is 10.1 Å². The van der Waals surface area contributed by atoms with Gasteiger partial charge in [-0.3, -0.25) is 0 Å². The van der Waals surface area contributed by atoms with Crippen LogP contribution >= 0.6 is 11.8 Å². The molecule has 2 nitrogen and oxygen atoms in total. The van der Waals surface area contributed by atoms with Crippen LogP contribution in [0.15, 0.2) is 24.3 Å². The topological polar surface area (TPSA) is 21.3 Å². The summed E-state index contributed by atoms with van der Waals surface area (Å²) in [5.74, 6) is 2.18. The summed E-state index contributed by atoms with van der Waals surface area (Å²) in [5.41, 5.74) is 1.34. The van der Waals surface area contributed by atoms with Gasteiger partial charge < -0.3 is 10.1 Å². The summed E-state index contributed by atoms with van der Waals surface area (Å²) in [4.78, 5) is 0. The number of nitrogens with one attached hydrogen (secondary N) is 1. The van der Waals surface area contributed by atoms with Gasteiger partial charge in [-0.1, -0.05) is 19.1 Å². The fourth-order valence-electron chi connectivity index (χ4n) is 2.52. The van der Waals surface area contributed by atoms with Crippen LogP contribution in [0.25, 0.3) is 0 Å². The van der Waals surface area contributed by atoms with Gasteiger partial charge in [-0.15, -0.1) is 0 Å². The zero-order chi connectivity index (χ0) is 12.8. The van der Waals surface area contributed by atoms with E-state index in [1.165, 1.54) is 30.6 Å². The van der Waals surface area contributed by atoms with Crippen molar-refractivity contribution in [2.75, 3.05) is 12.9 Å². The molecule has 1 aliphatic rings. The molecule has 2 atom stereocenters. The first-order valence-electron chi connectivity index (χ1n) is 6.79. The lowest BCUT2D eigenvalue weighted by Crippen LogP contribution is -2.26. The van der Waals surface area contributed by atoms with Gasteiger partial charge in [0, 0.05) is 17.8 Å². The predicted octanol–water partition coefficient (Wildman–Crippen LogP) is 3.46. The molecule has 0 saturated heterocycles. The molecule has 2 unspecified atom stereocenters. The Hall–Kier alpha value is -0.670. The molecule has 1 aliphatic carbocycles. The fraction of sp³-hybridized carbons (Fsp3) is 0.600. The zero-order valence-corrected chi connectivity index (χ0v) is 12.1. The number of rotatable bonds is 6. The van der Waals surface area contributed by atoms with Gasteiger partial charge in [0.05, 0.1) is 7.11 Å². The molecule has 1 N–H and O–H groups in total. The van der Waals surface area contributed by atoms with E-state index in [0.717, 1.165) is 17.5 Å². The Bertz CT molecular complexity index is 352. The summed E-state index contributed by atoms with van der Waals surface area (Å²) in [7, 11) is 1.71. The highest BCUT2D eigenvalue weighted by Gasteiger charge is 2.23. The van der Waals surface area contributed by atoms with Gasteiger partial charge in [-0.2, -0.15) is 11.8 Å². The molecule has 0 heterocycles. The van der Waals surface area contributed by atoms with Crippen LogP contribution in [-0.4, -0.2) is 24.2 Å². The highest BCUT2D eigenvalue weighted by Crippen LogP contribution is 2.29. The SMILES string of the molecule is CCSC1CCC(NCc2ccc(OC)cc2)C1. The summed E-state index contributed by atoms with van der Waals surface area (Å²) in [6.45, 7) is 3.22. The van der Waals surface area contributed by atoms with E-state index in [1.807, 2.05) is 12.1 Å². The first-order valence-corrected chi connectivity index (χ1v) is 7.84. The highest BCUT2D eigenvalue weighted by molar-refractivity contribution is 7.99. The van der Waals surface area contributed by atoms with Crippen molar-refractivity contribution in [3.63, 3.8) is 0 Å². The van der Waals surface area contributed by atoms with Crippen LogP contribution in [0.3, 0.4) is 0 Å². The summed E-state index contributed by atoms with van der Waals surface area (Å²) < 4.78 is 5.16. The lowest BCUT2D eigenvalue weighted by atomic mass is 10.2. The molecule has 1 aromatic carbocycles. The molecular weight excluding hydrogens is 242 g/mol. The number of hydrogen-bond donors (Lipinski definition) is 1. The van der Waals surface area contributed by atoms with Crippen molar-refractivity contribution in [2.45, 2.75) is 44.0 Å². The molecule has 100 valence electrons. The second-order valence-electron chi connectivity index (χ2n) is 4.82. The summed E-state index contributed by atoms with van der Waals surface area (Å²) >= 11 is 2.11. The summed E-state index contributed by atoms with van der Waals surface area (Å²) in [6.07, 6.45) is 4.03. The first-order chi connectivity index (χ1) is 8.81. The quantitative estimate of drug-likeness (QED) is 0.851. The Kier molecular flexibility index (Phi) is 5.39. The first kappa shape index (κ1) is 13.8. The molecule has 18 heavy (non-hydrogen) atoms. The maximum Gasteiger partial charge on any atom is 0.118 e. The smallest absolute Gasteiger partial charge is 0.118 e. The molecule has 0 aromatic heterocycles. The second kappa shape index (κ2) is 7.05. The van der Waals surface area contributed by atoms with Crippen molar-refractivity contribution < 1.29 is 4.74 Å². The van der Waals surface area contributed by atoms with E-state index in [9.17, 15) is 0 Å². The average molecular weight is 265 g/mol. The van der Waals surface area contributed by atoms with Gasteiger partial charge in [0.2, 0.25) is 0 Å². The molecule has 0 amide bonds. The number of thioether (sulfide) groups is 1. The van der Waals surface area contributed by atoms with Crippen LogP contribution in [0.2, 0.25) is 0 Å². The van der Waals surface area contributed by atoms with Gasteiger partial charge in [-0.05, 0) is 42.7 Å². The van der Waals surface area contributed by atoms with Crippen LogP contribution in [0.5, 0.6) is 5.75 Å². The van der Waals surface area contributed by atoms with E-state index in [1.54, 1.807) is 7.11 Å². The molecule has 2 rings (SSSR count). The predicted molar refractivity (Wildman–Crippen MR) is 79.4 cm³/mol. The van der Waals surface area contributed by atoms with E-state index < -0.39 is 0 Å².